The summed E-state index contributed by atoms with van der Waals surface area (Å²) in [7, 11) is 0. The molecule has 0 radical (unpaired) electrons. The van der Waals surface area contributed by atoms with Gasteiger partial charge in [0.05, 0.1) is 11.8 Å². The number of carbonyl (C=O) groups excluding carboxylic acids is 3. The van der Waals surface area contributed by atoms with Crippen LogP contribution < -0.4 is 5.32 Å². The average Bonchev–Trinajstić information content (AvgIpc) is 2.92. The van der Waals surface area contributed by atoms with Gasteiger partial charge in [-0.2, -0.15) is 0 Å². The Hall–Kier alpha value is -2.70. The summed E-state index contributed by atoms with van der Waals surface area (Å²) in [6.45, 7) is 0.893. The first-order valence-corrected chi connectivity index (χ1v) is 8.38. The van der Waals surface area contributed by atoms with Gasteiger partial charge in [-0.15, -0.1) is 0 Å². The van der Waals surface area contributed by atoms with Gasteiger partial charge in [-0.1, -0.05) is 12.1 Å². The van der Waals surface area contributed by atoms with Crippen LogP contribution in [0.5, 0.6) is 0 Å². The predicted octanol–water partition coefficient (Wildman–Crippen LogP) is 0.829. The molecule has 1 atom stereocenters. The van der Waals surface area contributed by atoms with E-state index in [1.54, 1.807) is 29.2 Å². The highest BCUT2D eigenvalue weighted by Crippen LogP contribution is 2.21. The minimum atomic E-state index is -0.800. The zero-order valence-corrected chi connectivity index (χ0v) is 13.7. The second kappa shape index (κ2) is 7.04. The topological polar surface area (TPSA) is 104 Å². The maximum absolute atomic E-state index is 12.5. The molecule has 1 aromatic rings. The summed E-state index contributed by atoms with van der Waals surface area (Å²) in [5.41, 5.74) is 1.44. The van der Waals surface area contributed by atoms with E-state index in [4.69, 9.17) is 5.11 Å². The number of amides is 3. The number of carbonyl (C=O) groups is 4. The average molecular weight is 344 g/mol. The van der Waals surface area contributed by atoms with Crippen molar-refractivity contribution in [2.45, 2.75) is 25.7 Å². The Kier molecular flexibility index (Phi) is 4.83. The van der Waals surface area contributed by atoms with Crippen LogP contribution in [0.2, 0.25) is 0 Å². The minimum Gasteiger partial charge on any atom is -0.481 e. The smallest absolute Gasteiger partial charge is 0.306 e. The van der Waals surface area contributed by atoms with Gasteiger partial charge in [0, 0.05) is 25.1 Å². The SMILES string of the molecule is O=C1CC(Cc2ccc(C(=O)N3CCC(C(=O)O)CC3)cc2)C(=O)N1. The highest BCUT2D eigenvalue weighted by atomic mass is 16.4. The molecule has 132 valence electrons. The van der Waals surface area contributed by atoms with Crippen LogP contribution in [0.15, 0.2) is 24.3 Å². The van der Waals surface area contributed by atoms with E-state index >= 15 is 0 Å². The fourth-order valence-electron chi connectivity index (χ4n) is 3.35. The van der Waals surface area contributed by atoms with Crippen molar-refractivity contribution in [2.75, 3.05) is 13.1 Å². The van der Waals surface area contributed by atoms with E-state index in [0.717, 1.165) is 5.56 Å². The number of nitrogens with zero attached hydrogens (tertiary/aromatic N) is 1. The summed E-state index contributed by atoms with van der Waals surface area (Å²) < 4.78 is 0. The molecule has 7 nitrogen and oxygen atoms in total. The van der Waals surface area contributed by atoms with Crippen molar-refractivity contribution >= 4 is 23.7 Å². The Labute approximate surface area is 145 Å². The van der Waals surface area contributed by atoms with Crippen LogP contribution in [0, 0.1) is 11.8 Å². The van der Waals surface area contributed by atoms with Crippen LogP contribution in [0.3, 0.4) is 0 Å². The van der Waals surface area contributed by atoms with Gasteiger partial charge in [0.25, 0.3) is 5.91 Å². The molecule has 2 saturated heterocycles. The maximum Gasteiger partial charge on any atom is 0.306 e. The Bertz CT molecular complexity index is 705. The molecule has 1 aromatic carbocycles. The molecule has 0 aromatic heterocycles. The monoisotopic (exact) mass is 344 g/mol. The van der Waals surface area contributed by atoms with E-state index in [1.165, 1.54) is 0 Å². The molecular formula is C18H20N2O5. The molecule has 0 spiro atoms. The summed E-state index contributed by atoms with van der Waals surface area (Å²) in [6, 6.07) is 7.03. The second-order valence-electron chi connectivity index (χ2n) is 6.62. The lowest BCUT2D eigenvalue weighted by Crippen LogP contribution is -2.40. The number of aliphatic carboxylic acids is 1. The summed E-state index contributed by atoms with van der Waals surface area (Å²) in [5, 5.41) is 11.3. The number of likely N-dealkylation sites (tertiary alicyclic amines) is 1. The zero-order chi connectivity index (χ0) is 18.0. The van der Waals surface area contributed by atoms with E-state index in [9.17, 15) is 19.2 Å². The summed E-state index contributed by atoms with van der Waals surface area (Å²) in [6.07, 6.45) is 1.63. The molecule has 3 amide bonds. The first kappa shape index (κ1) is 17.1. The van der Waals surface area contributed by atoms with Crippen LogP contribution in [-0.2, 0) is 20.8 Å². The van der Waals surface area contributed by atoms with E-state index in [-0.39, 0.29) is 36.0 Å². The van der Waals surface area contributed by atoms with Gasteiger partial charge in [0.1, 0.15) is 0 Å². The fraction of sp³-hybridized carbons (Fsp3) is 0.444. The molecule has 2 aliphatic heterocycles. The molecule has 0 aliphatic carbocycles. The molecular weight excluding hydrogens is 324 g/mol. The number of rotatable bonds is 4. The molecule has 1 unspecified atom stereocenters. The number of nitrogens with one attached hydrogen (secondary N) is 1. The Morgan fingerprint density at radius 3 is 2.28 bits per heavy atom. The molecule has 2 aliphatic rings. The molecule has 0 saturated carbocycles. The Balaban J connectivity index is 1.59. The number of carboxylic acids is 1. The van der Waals surface area contributed by atoms with Crippen molar-refractivity contribution < 1.29 is 24.3 Å². The van der Waals surface area contributed by atoms with Crippen LogP contribution in [-0.4, -0.2) is 46.8 Å². The maximum atomic E-state index is 12.5. The lowest BCUT2D eigenvalue weighted by molar-refractivity contribution is -0.143. The quantitative estimate of drug-likeness (QED) is 0.788. The summed E-state index contributed by atoms with van der Waals surface area (Å²) in [5.74, 6) is -2.11. The van der Waals surface area contributed by atoms with E-state index in [0.29, 0.717) is 37.9 Å². The second-order valence-corrected chi connectivity index (χ2v) is 6.62. The van der Waals surface area contributed by atoms with Gasteiger partial charge in [0.15, 0.2) is 0 Å². The number of benzene rings is 1. The lowest BCUT2D eigenvalue weighted by Gasteiger charge is -2.30. The van der Waals surface area contributed by atoms with Gasteiger partial charge in [-0.25, -0.2) is 0 Å². The van der Waals surface area contributed by atoms with Gasteiger partial charge in [-0.05, 0) is 37.0 Å². The van der Waals surface area contributed by atoms with Gasteiger partial charge in [-0.3, -0.25) is 24.5 Å². The van der Waals surface area contributed by atoms with Crippen LogP contribution in [0.4, 0.5) is 0 Å². The third kappa shape index (κ3) is 3.87. The molecule has 2 fully saturated rings. The zero-order valence-electron chi connectivity index (χ0n) is 13.7. The molecule has 2 N–H and O–H groups in total. The van der Waals surface area contributed by atoms with E-state index in [1.807, 2.05) is 0 Å². The Morgan fingerprint density at radius 2 is 1.76 bits per heavy atom. The number of imide groups is 1. The van der Waals surface area contributed by atoms with Crippen molar-refractivity contribution in [3.05, 3.63) is 35.4 Å². The number of piperidine rings is 1. The highest BCUT2D eigenvalue weighted by Gasteiger charge is 2.30. The first-order chi connectivity index (χ1) is 11.9. The third-order valence-corrected chi connectivity index (χ3v) is 4.88. The van der Waals surface area contributed by atoms with Gasteiger partial charge in [0.2, 0.25) is 11.8 Å². The minimum absolute atomic E-state index is 0.107. The largest absolute Gasteiger partial charge is 0.481 e. The summed E-state index contributed by atoms with van der Waals surface area (Å²) >= 11 is 0. The van der Waals surface area contributed by atoms with Crippen LogP contribution in [0.1, 0.15) is 35.2 Å². The molecule has 25 heavy (non-hydrogen) atoms. The van der Waals surface area contributed by atoms with Gasteiger partial charge < -0.3 is 10.0 Å². The molecule has 2 heterocycles. The van der Waals surface area contributed by atoms with Crippen molar-refractivity contribution in [1.29, 1.82) is 0 Å². The first-order valence-electron chi connectivity index (χ1n) is 8.38. The van der Waals surface area contributed by atoms with Crippen molar-refractivity contribution in [2.24, 2.45) is 11.8 Å². The number of hydrogen-bond donors (Lipinski definition) is 2. The molecule has 0 bridgehead atoms. The fourth-order valence-corrected chi connectivity index (χ4v) is 3.35. The standard InChI is InChI=1S/C18H20N2O5/c21-15-10-14(16(22)19-15)9-11-1-3-12(4-2-11)17(23)20-7-5-13(6-8-20)18(24)25/h1-4,13-14H,5-10H2,(H,24,25)(H,19,21,22). The van der Waals surface area contributed by atoms with Crippen molar-refractivity contribution in [3.63, 3.8) is 0 Å². The molecule has 3 rings (SSSR count). The van der Waals surface area contributed by atoms with E-state index < -0.39 is 5.97 Å². The molecule has 7 heteroatoms. The van der Waals surface area contributed by atoms with Crippen molar-refractivity contribution in [3.8, 4) is 0 Å². The number of carboxylic acid groups (broad SMARTS) is 1. The predicted molar refractivity (Wildman–Crippen MR) is 87.7 cm³/mol. The van der Waals surface area contributed by atoms with Crippen LogP contribution >= 0.6 is 0 Å². The van der Waals surface area contributed by atoms with Gasteiger partial charge >= 0.3 is 5.97 Å². The number of hydrogen-bond acceptors (Lipinski definition) is 4. The highest BCUT2D eigenvalue weighted by molar-refractivity contribution is 6.03. The lowest BCUT2D eigenvalue weighted by atomic mass is 9.95. The normalized spacial score (nSPS) is 21.3. The summed E-state index contributed by atoms with van der Waals surface area (Å²) in [4.78, 5) is 48.0. The Morgan fingerprint density at radius 1 is 1.12 bits per heavy atom. The van der Waals surface area contributed by atoms with Crippen molar-refractivity contribution in [1.82, 2.24) is 10.2 Å². The van der Waals surface area contributed by atoms with Crippen LogP contribution in [0.25, 0.3) is 0 Å². The van der Waals surface area contributed by atoms with E-state index in [2.05, 4.69) is 5.32 Å². The third-order valence-electron chi connectivity index (χ3n) is 4.88.